The number of anilines is 3. The minimum Gasteiger partial charge on any atom is -0.480 e. The molecule has 1 aliphatic carbocycles. The van der Waals surface area contributed by atoms with Gasteiger partial charge in [-0.2, -0.15) is 0 Å². The number of thiazole rings is 2. The topological polar surface area (TPSA) is 260 Å². The normalized spacial score (nSPS) is 14.6. The molecule has 13 rings (SSSR count). The van der Waals surface area contributed by atoms with Crippen molar-refractivity contribution < 1.29 is 62.8 Å². The molecule has 3 N–H and O–H groups in total. The lowest BCUT2D eigenvalue weighted by molar-refractivity contribution is 0.00578. The van der Waals surface area contributed by atoms with Gasteiger partial charge in [0.1, 0.15) is 50.2 Å². The highest BCUT2D eigenvalue weighted by molar-refractivity contribution is 14.0. The first kappa shape index (κ1) is 72.2. The monoisotopic (exact) mass is 1580 g/mol. The van der Waals surface area contributed by atoms with E-state index in [4.69, 9.17) is 37.6 Å². The summed E-state index contributed by atoms with van der Waals surface area (Å²) in [5.74, 6) is 0.652. The zero-order valence-electron chi connectivity index (χ0n) is 55.0. The molecule has 1 saturated heterocycles. The van der Waals surface area contributed by atoms with Crippen molar-refractivity contribution in [3.63, 3.8) is 0 Å². The predicted octanol–water partition coefficient (Wildman–Crippen LogP) is 13.3. The van der Waals surface area contributed by atoms with Crippen LogP contribution in [-0.2, 0) is 48.6 Å². The molecule has 3 aliphatic rings. The minimum absolute atomic E-state index is 0. The van der Waals surface area contributed by atoms with Crippen LogP contribution < -0.4 is 39.5 Å². The Bertz CT molecular complexity index is 4830. The number of carbonyl (C=O) groups excluding carboxylic acids is 2. The number of nitrogens with zero attached hydrogens (tertiary/aromatic N) is 6. The molecule has 1 fully saturated rings. The summed E-state index contributed by atoms with van der Waals surface area (Å²) in [6.07, 6.45) is 12.3. The van der Waals surface area contributed by atoms with E-state index in [-0.39, 0.29) is 57.8 Å². The molecule has 0 unspecified atom stereocenters. The Morgan fingerprint density at radius 1 is 0.639 bits per heavy atom. The summed E-state index contributed by atoms with van der Waals surface area (Å²) in [7, 11) is 0.791. The molecule has 6 aromatic heterocycles. The first-order chi connectivity index (χ1) is 45.5. The summed E-state index contributed by atoms with van der Waals surface area (Å²) in [5, 5.41) is 11.2. The summed E-state index contributed by atoms with van der Waals surface area (Å²) >= 11 is 6.78. The van der Waals surface area contributed by atoms with E-state index in [0.717, 1.165) is 84.1 Å². The number of ether oxygens (including phenoxy) is 2. The van der Waals surface area contributed by atoms with E-state index in [1.807, 2.05) is 39.8 Å². The summed E-state index contributed by atoms with van der Waals surface area (Å²) in [4.78, 5) is 47.1. The van der Waals surface area contributed by atoms with Crippen LogP contribution in [0.1, 0.15) is 83.1 Å². The van der Waals surface area contributed by atoms with Gasteiger partial charge in [0, 0.05) is 112 Å². The lowest BCUT2D eigenvalue weighted by Gasteiger charge is -2.32. The summed E-state index contributed by atoms with van der Waals surface area (Å²) < 4.78 is 117. The van der Waals surface area contributed by atoms with Gasteiger partial charge in [-0.05, 0) is 155 Å². The number of carbonyl (C=O) groups is 2. The van der Waals surface area contributed by atoms with Crippen molar-refractivity contribution in [2.24, 2.45) is 0 Å². The number of hydrogen-bond donors (Lipinski definition) is 3. The Morgan fingerprint density at radius 2 is 1.12 bits per heavy atom. The number of benzene rings is 4. The van der Waals surface area contributed by atoms with Crippen molar-refractivity contribution in [1.82, 2.24) is 30.6 Å². The number of methoxy groups -OCH3 is 2. The molecule has 510 valence electrons. The number of amides is 2. The maximum Gasteiger partial charge on any atom is 0.497 e. The molecule has 0 atom stereocenters. The third kappa shape index (κ3) is 14.8. The molecule has 4 aromatic carbocycles. The number of nitrogens with one attached hydrogen (secondary N) is 3. The third-order valence-electron chi connectivity index (χ3n) is 17.2. The summed E-state index contributed by atoms with van der Waals surface area (Å²) in [6, 6.07) is 21.6. The molecule has 0 bridgehead atoms. The van der Waals surface area contributed by atoms with Gasteiger partial charge in [-0.1, -0.05) is 0 Å². The minimum atomic E-state index is -3.71. The van der Waals surface area contributed by atoms with Crippen LogP contribution in [0.4, 0.5) is 26.0 Å². The second-order valence-electron chi connectivity index (χ2n) is 24.0. The van der Waals surface area contributed by atoms with Gasteiger partial charge >= 0.3 is 7.12 Å². The fraction of sp³-hybridized carbons (Fsp3) is 0.313. The molecule has 0 spiro atoms. The van der Waals surface area contributed by atoms with Crippen LogP contribution in [0, 0.1) is 11.6 Å². The van der Waals surface area contributed by atoms with Crippen LogP contribution in [0.3, 0.4) is 0 Å². The Kier molecular flexibility index (Phi) is 21.4. The van der Waals surface area contributed by atoms with E-state index in [1.165, 1.54) is 107 Å². The molecule has 0 saturated carbocycles. The molecule has 2 aliphatic heterocycles. The number of rotatable bonds is 14. The highest BCUT2D eigenvalue weighted by Crippen LogP contribution is 2.46. The smallest absolute Gasteiger partial charge is 0.480 e. The van der Waals surface area contributed by atoms with Crippen LogP contribution >= 0.6 is 62.6 Å². The zero-order chi connectivity index (χ0) is 68.9. The predicted molar refractivity (Wildman–Crippen MR) is 392 cm³/mol. The van der Waals surface area contributed by atoms with Crippen molar-refractivity contribution >= 4 is 146 Å². The zero-order valence-corrected chi connectivity index (χ0v) is 62.2. The highest BCUT2D eigenvalue weighted by atomic mass is 127. The van der Waals surface area contributed by atoms with Crippen molar-refractivity contribution in [3.05, 3.63) is 140 Å². The summed E-state index contributed by atoms with van der Waals surface area (Å²) in [5.41, 5.74) is 5.69. The number of fused-ring (bicyclic) bond motifs is 4. The molecule has 30 heteroatoms. The van der Waals surface area contributed by atoms with Crippen molar-refractivity contribution in [3.8, 4) is 66.7 Å². The number of sulfonamides is 2. The second-order valence-corrected chi connectivity index (χ2v) is 31.1. The Balaban J connectivity index is 0.000000169. The molecular weight excluding hydrogens is 1510 g/mol. The Labute approximate surface area is 594 Å². The van der Waals surface area contributed by atoms with Crippen LogP contribution in [0.2, 0.25) is 0 Å². The number of hydrogen-bond acceptors (Lipinski definition) is 19. The molecular formula is C67H70BBrF2IN9O12S4. The van der Waals surface area contributed by atoms with Gasteiger partial charge in [0.2, 0.25) is 31.8 Å². The number of halogens is 4. The van der Waals surface area contributed by atoms with Crippen molar-refractivity contribution in [2.45, 2.75) is 77.4 Å². The quantitative estimate of drug-likeness (QED) is 0.0675. The molecule has 0 radical (unpaired) electrons. The van der Waals surface area contributed by atoms with Gasteiger partial charge in [0.25, 0.3) is 11.8 Å². The van der Waals surface area contributed by atoms with Crippen LogP contribution in [-0.4, -0.2) is 128 Å². The number of furan rings is 2. The first-order valence-corrected chi connectivity index (χ1v) is 36.5. The lowest BCUT2D eigenvalue weighted by Crippen LogP contribution is -2.41. The number of aryl methyl sites for hydroxylation is 3. The molecule has 8 heterocycles. The average Bonchev–Trinajstić information content (AvgIpc) is 1.44. The van der Waals surface area contributed by atoms with E-state index in [2.05, 4.69) is 41.8 Å². The Hall–Kier alpha value is -7.59. The van der Waals surface area contributed by atoms with Gasteiger partial charge in [0.05, 0.1) is 77.3 Å². The number of pyridine rings is 2. The first-order valence-electron chi connectivity index (χ1n) is 30.4. The SMILES string of the molecule is CNC(=O)c1c(-c2ccc(F)cc2)oc2cc(N(C)S(C)(=O)=O)c(-c3cnc(OC)c(-c4nc5c(s4)CCCN5)c3)cc12.CNC(=O)c1c(-c2ccc(F)cc2)oc2cc(N(C)S(C)(=O)=O)c(B3OC(C)(C)C(C)(C)O3)cc12.COc1ncc(Br)cc1-c1nc2c(s1)CCCC2.I. The fourth-order valence-electron chi connectivity index (χ4n) is 11.2. The van der Waals surface area contributed by atoms with E-state index in [1.54, 1.807) is 66.4 Å². The number of aromatic nitrogens is 4. The van der Waals surface area contributed by atoms with Crippen molar-refractivity contribution in [2.75, 3.05) is 75.4 Å². The van der Waals surface area contributed by atoms with Crippen molar-refractivity contribution in [1.29, 1.82) is 0 Å². The van der Waals surface area contributed by atoms with Gasteiger partial charge in [-0.15, -0.1) is 46.7 Å². The molecule has 10 aromatic rings. The maximum absolute atomic E-state index is 13.7. The third-order valence-corrected chi connectivity index (χ3v) is 22.3. The van der Waals surface area contributed by atoms with Gasteiger partial charge < -0.3 is 43.6 Å². The largest absolute Gasteiger partial charge is 0.497 e. The second kappa shape index (κ2) is 28.7. The van der Waals surface area contributed by atoms with E-state index < -0.39 is 61.8 Å². The van der Waals surface area contributed by atoms with Gasteiger partial charge in [-0.25, -0.2) is 45.6 Å². The van der Waals surface area contributed by atoms with E-state index in [0.29, 0.717) is 67.2 Å². The van der Waals surface area contributed by atoms with Crippen LogP contribution in [0.15, 0.2) is 111 Å². The Morgan fingerprint density at radius 3 is 1.65 bits per heavy atom. The van der Waals surface area contributed by atoms with Crippen LogP contribution in [0.25, 0.3) is 76.9 Å². The van der Waals surface area contributed by atoms with E-state index >= 15 is 0 Å². The maximum atomic E-state index is 13.7. The fourth-order valence-corrected chi connectivity index (χ4v) is 14.8. The molecule has 97 heavy (non-hydrogen) atoms. The van der Waals surface area contributed by atoms with E-state index in [9.17, 15) is 35.2 Å². The highest BCUT2D eigenvalue weighted by Gasteiger charge is 2.53. The van der Waals surface area contributed by atoms with Crippen LogP contribution in [0.5, 0.6) is 11.8 Å². The summed E-state index contributed by atoms with van der Waals surface area (Å²) in [6.45, 7) is 8.43. The lowest BCUT2D eigenvalue weighted by atomic mass is 9.77. The van der Waals surface area contributed by atoms with Gasteiger partial charge in [-0.3, -0.25) is 18.2 Å². The van der Waals surface area contributed by atoms with Gasteiger partial charge in [0.15, 0.2) is 0 Å². The average molecular weight is 1580 g/mol. The molecule has 2 amide bonds. The standard InChI is InChI=1S/C30H28FN5O5S2.C24H28BFN2O6S.C13H13BrN2OS.HI/c1-32-28(37)25-20-13-19(17-12-21(29(40-3)34-15-17)30-35-27-24(42-30)6-5-11-33-27)22(36(2)43(4,38)39)14-23(20)41-26(25)16-7-9-18(31)10-8-16;1-23(2)24(3,4)34-25(33-23)17-12-16-19(13-18(17)28(6)35(7,30)31)32-21(20(16)22(29)27-5)14-8-10-15(26)11-9-14;1-17-12-9(6-8(14)7-15-12)13-16-10-4-2-3-5-11(10)18-13;/h7-10,12-15,33H,5-6,11H2,1-4H3,(H,32,37);8-13H,1-7H3,(H,27,29);6-7H,2-5H2,1H3;1H. The molecule has 21 nitrogen and oxygen atoms in total.